The lowest BCUT2D eigenvalue weighted by atomic mass is 10.0. The third-order valence-corrected chi connectivity index (χ3v) is 6.99. The van der Waals surface area contributed by atoms with Crippen molar-refractivity contribution in [1.29, 1.82) is 0 Å². The maximum absolute atomic E-state index is 15.4. The van der Waals surface area contributed by atoms with Gasteiger partial charge in [0, 0.05) is 46.9 Å². The van der Waals surface area contributed by atoms with Gasteiger partial charge in [-0.05, 0) is 37.6 Å². The number of halogens is 3. The van der Waals surface area contributed by atoms with Gasteiger partial charge in [-0.15, -0.1) is 11.3 Å². The fourth-order valence-corrected chi connectivity index (χ4v) is 4.78. The quantitative estimate of drug-likeness (QED) is 0.170. The van der Waals surface area contributed by atoms with Crippen LogP contribution in [0.25, 0.3) is 17.3 Å². The Bertz CT molecular complexity index is 1320. The molecule has 2 N–H and O–H groups in total. The first kappa shape index (κ1) is 29.7. The number of benzene rings is 2. The van der Waals surface area contributed by atoms with E-state index in [1.54, 1.807) is 23.6 Å². The molecule has 0 saturated carbocycles. The number of nitrogens with one attached hydrogen (secondary N) is 1. The van der Waals surface area contributed by atoms with Crippen LogP contribution in [-0.2, 0) is 14.3 Å². The lowest BCUT2D eigenvalue weighted by Crippen LogP contribution is -2.13. The Morgan fingerprint density at radius 1 is 1.26 bits per heavy atom. The number of carbonyl (C=O) groups is 2. The van der Waals surface area contributed by atoms with Gasteiger partial charge in [0.1, 0.15) is 11.9 Å². The molecule has 0 saturated heterocycles. The van der Waals surface area contributed by atoms with E-state index < -0.39 is 23.8 Å². The van der Waals surface area contributed by atoms with E-state index in [1.165, 1.54) is 32.2 Å². The molecule has 11 heteroatoms. The number of hydrogen-bond acceptors (Lipinski definition) is 6. The number of carboxylic acids is 1. The predicted octanol–water partition coefficient (Wildman–Crippen LogP) is 7.50. The van der Waals surface area contributed by atoms with Gasteiger partial charge in [-0.2, -0.15) is 0 Å². The summed E-state index contributed by atoms with van der Waals surface area (Å²) in [7, 11) is 1.51. The fourth-order valence-electron chi connectivity index (χ4n) is 3.47. The molecule has 7 nitrogen and oxygen atoms in total. The molecular formula is C27H27Cl2FN2O5S. The Morgan fingerprint density at radius 3 is 2.61 bits per heavy atom. The summed E-state index contributed by atoms with van der Waals surface area (Å²) in [6, 6.07) is 7.74. The highest BCUT2D eigenvalue weighted by Gasteiger charge is 2.21. The molecule has 0 radical (unpaired) electrons. The number of ether oxygens (including phenoxy) is 2. The van der Waals surface area contributed by atoms with Crippen molar-refractivity contribution >= 4 is 57.6 Å². The van der Waals surface area contributed by atoms with E-state index in [4.69, 9.17) is 37.8 Å². The maximum atomic E-state index is 15.4. The number of methoxy groups -OCH3 is 1. The van der Waals surface area contributed by atoms with E-state index >= 15 is 4.39 Å². The lowest BCUT2D eigenvalue weighted by molar-refractivity contribution is -0.132. The molecule has 1 amide bonds. The molecule has 2 aromatic carbocycles. The Hall–Kier alpha value is -2.82. The molecule has 3 rings (SSSR count). The van der Waals surface area contributed by atoms with Crippen molar-refractivity contribution in [2.24, 2.45) is 0 Å². The zero-order valence-electron chi connectivity index (χ0n) is 21.0. The van der Waals surface area contributed by atoms with Gasteiger partial charge in [0.25, 0.3) is 5.91 Å². The molecule has 1 aromatic heterocycles. The molecule has 1 heterocycles. The number of aliphatic carboxylic acids is 1. The average Bonchev–Trinajstić information content (AvgIpc) is 3.34. The number of nitrogens with zero attached hydrogens (tertiary/aromatic N) is 1. The lowest BCUT2D eigenvalue weighted by Gasteiger charge is -2.17. The van der Waals surface area contributed by atoms with E-state index in [1.807, 2.05) is 0 Å². The normalized spacial score (nSPS) is 12.4. The van der Waals surface area contributed by atoms with Crippen molar-refractivity contribution in [3.8, 4) is 11.3 Å². The minimum absolute atomic E-state index is 0.0402. The Labute approximate surface area is 234 Å². The van der Waals surface area contributed by atoms with Gasteiger partial charge < -0.3 is 14.6 Å². The molecule has 38 heavy (non-hydrogen) atoms. The summed E-state index contributed by atoms with van der Waals surface area (Å²) in [5, 5.41) is 13.9. The first-order valence-corrected chi connectivity index (χ1v) is 13.4. The number of rotatable bonds is 12. The minimum atomic E-state index is -1.11. The number of carbonyl (C=O) groups excluding carboxylic acids is 1. The van der Waals surface area contributed by atoms with Crippen LogP contribution in [0.3, 0.4) is 0 Å². The summed E-state index contributed by atoms with van der Waals surface area (Å²) < 4.78 is 26.5. The smallest absolute Gasteiger partial charge is 0.331 e. The fraction of sp³-hybridized carbons (Fsp3) is 0.296. The standard InChI is InChI=1S/C27H27Cl2FN2O5S/c1-4-5-9-37-13-23(36-3)18-8-6-7-17(24(18)30)22-14-38-27(31-22)32-25(33)16-11-20(28)19(21(29)12-16)10-15(2)26(34)35/h6-8,10-12,14,23H,4-5,9,13H2,1-3H3,(H,34,35)(H,31,32,33)/b15-10+. The maximum Gasteiger partial charge on any atom is 0.331 e. The number of carboxylic acid groups (broad SMARTS) is 1. The zero-order valence-corrected chi connectivity index (χ0v) is 23.3. The number of anilines is 1. The van der Waals surface area contributed by atoms with Crippen LogP contribution in [0.5, 0.6) is 0 Å². The molecule has 0 aliphatic carbocycles. The van der Waals surface area contributed by atoms with Gasteiger partial charge in [0.2, 0.25) is 0 Å². The molecule has 3 aromatic rings. The third kappa shape index (κ3) is 7.39. The van der Waals surface area contributed by atoms with E-state index in [2.05, 4.69) is 17.2 Å². The van der Waals surface area contributed by atoms with Gasteiger partial charge >= 0.3 is 5.97 Å². The van der Waals surface area contributed by atoms with Gasteiger partial charge in [0.15, 0.2) is 5.13 Å². The van der Waals surface area contributed by atoms with Crippen molar-refractivity contribution in [2.75, 3.05) is 25.6 Å². The first-order chi connectivity index (χ1) is 18.2. The Morgan fingerprint density at radius 2 is 1.97 bits per heavy atom. The highest BCUT2D eigenvalue weighted by atomic mass is 35.5. The average molecular weight is 581 g/mol. The Balaban J connectivity index is 1.78. The molecule has 0 aliphatic rings. The second kappa shape index (κ2) is 13.8. The summed E-state index contributed by atoms with van der Waals surface area (Å²) >= 11 is 13.6. The van der Waals surface area contributed by atoms with Crippen LogP contribution in [0.1, 0.15) is 54.3 Å². The highest BCUT2D eigenvalue weighted by molar-refractivity contribution is 7.14. The van der Waals surface area contributed by atoms with Crippen LogP contribution in [0.15, 0.2) is 41.3 Å². The van der Waals surface area contributed by atoms with E-state index in [-0.39, 0.29) is 38.5 Å². The van der Waals surface area contributed by atoms with E-state index in [9.17, 15) is 9.59 Å². The first-order valence-electron chi connectivity index (χ1n) is 11.7. The molecule has 0 aliphatic heterocycles. The number of thiazole rings is 1. The van der Waals surface area contributed by atoms with Crippen molar-refractivity contribution in [3.05, 3.63) is 73.8 Å². The van der Waals surface area contributed by atoms with Gasteiger partial charge in [-0.25, -0.2) is 14.2 Å². The van der Waals surface area contributed by atoms with Crippen LogP contribution < -0.4 is 5.32 Å². The molecule has 1 unspecified atom stereocenters. The second-order valence-electron chi connectivity index (χ2n) is 8.34. The minimum Gasteiger partial charge on any atom is -0.478 e. The van der Waals surface area contributed by atoms with Crippen LogP contribution >= 0.6 is 34.5 Å². The second-order valence-corrected chi connectivity index (χ2v) is 10.0. The topological polar surface area (TPSA) is 97.8 Å². The molecule has 1 atom stereocenters. The molecule has 0 fully saturated rings. The van der Waals surface area contributed by atoms with E-state index in [0.717, 1.165) is 24.2 Å². The van der Waals surface area contributed by atoms with Crippen molar-refractivity contribution in [1.82, 2.24) is 4.98 Å². The van der Waals surface area contributed by atoms with Crippen LogP contribution in [-0.4, -0.2) is 42.3 Å². The van der Waals surface area contributed by atoms with Crippen molar-refractivity contribution in [2.45, 2.75) is 32.8 Å². The van der Waals surface area contributed by atoms with Gasteiger partial charge in [-0.1, -0.05) is 48.7 Å². The molecule has 0 bridgehead atoms. The number of aromatic nitrogens is 1. The monoisotopic (exact) mass is 580 g/mol. The van der Waals surface area contributed by atoms with Crippen LogP contribution in [0.2, 0.25) is 10.0 Å². The van der Waals surface area contributed by atoms with Gasteiger partial charge in [0.05, 0.1) is 22.3 Å². The Kier molecular flexibility index (Phi) is 10.8. The predicted molar refractivity (Wildman–Crippen MR) is 149 cm³/mol. The summed E-state index contributed by atoms with van der Waals surface area (Å²) in [4.78, 5) is 28.3. The van der Waals surface area contributed by atoms with Crippen molar-refractivity contribution < 1.29 is 28.6 Å². The number of amides is 1. The van der Waals surface area contributed by atoms with Crippen LogP contribution in [0.4, 0.5) is 9.52 Å². The zero-order chi connectivity index (χ0) is 27.8. The van der Waals surface area contributed by atoms with Gasteiger partial charge in [-0.3, -0.25) is 10.1 Å². The molecule has 0 spiro atoms. The third-order valence-electron chi connectivity index (χ3n) is 5.61. The van der Waals surface area contributed by atoms with Crippen molar-refractivity contribution in [3.63, 3.8) is 0 Å². The summed E-state index contributed by atoms with van der Waals surface area (Å²) in [5.74, 6) is -2.11. The number of unbranched alkanes of at least 4 members (excludes halogenated alkanes) is 1. The molecule has 202 valence electrons. The SMILES string of the molecule is CCCCOCC(OC)c1cccc(-c2csc(NC(=O)c3cc(Cl)c(/C=C(\C)C(=O)O)c(Cl)c3)n2)c1F. The highest BCUT2D eigenvalue weighted by Crippen LogP contribution is 2.33. The summed E-state index contributed by atoms with van der Waals surface area (Å²) in [5.41, 5.74) is 1.47. The largest absolute Gasteiger partial charge is 0.478 e. The summed E-state index contributed by atoms with van der Waals surface area (Å²) in [6.07, 6.45) is 2.67. The number of hydrogen-bond donors (Lipinski definition) is 2. The summed E-state index contributed by atoms with van der Waals surface area (Å²) in [6.45, 7) is 4.27. The van der Waals surface area contributed by atoms with Crippen LogP contribution in [0, 0.1) is 5.82 Å². The molecular weight excluding hydrogens is 554 g/mol. The van der Waals surface area contributed by atoms with E-state index in [0.29, 0.717) is 23.4 Å².